The highest BCUT2D eigenvalue weighted by Crippen LogP contribution is 2.30. The Bertz CT molecular complexity index is 571. The molecule has 0 fully saturated rings. The second kappa shape index (κ2) is 7.60. The normalized spacial score (nSPS) is 10.8. The Kier molecular flexibility index (Phi) is 5.80. The maximum absolute atomic E-state index is 10.7. The first kappa shape index (κ1) is 15.3. The molecule has 0 aliphatic heterocycles. The van der Waals surface area contributed by atoms with Crippen LogP contribution < -0.4 is 5.73 Å². The maximum Gasteiger partial charge on any atom is 0.237 e. The molecule has 2 aromatic rings. The van der Waals surface area contributed by atoms with Crippen molar-refractivity contribution in [1.82, 2.24) is 20.3 Å². The number of nitrogens with zero attached hydrogens (tertiary/aromatic N) is 4. The molecule has 0 aromatic carbocycles. The van der Waals surface area contributed by atoms with Gasteiger partial charge in [-0.1, -0.05) is 46.9 Å². The van der Waals surface area contributed by atoms with Gasteiger partial charge in [0.05, 0.1) is 11.5 Å². The monoisotopic (exact) mass is 331 g/mol. The van der Waals surface area contributed by atoms with Gasteiger partial charge in [-0.05, 0) is 6.42 Å². The summed E-state index contributed by atoms with van der Waals surface area (Å²) in [5.74, 6) is 1.72. The Hall–Kier alpha value is -1.13. The van der Waals surface area contributed by atoms with Crippen molar-refractivity contribution in [2.45, 2.75) is 34.2 Å². The fourth-order valence-corrected chi connectivity index (χ4v) is 3.84. The zero-order valence-corrected chi connectivity index (χ0v) is 13.2. The van der Waals surface area contributed by atoms with Crippen molar-refractivity contribution in [2.24, 2.45) is 5.73 Å². The maximum atomic E-state index is 10.7. The molecular formula is C10H13N5O2S3. The number of aryl methyl sites for hydroxylation is 1. The molecule has 0 aliphatic rings. The summed E-state index contributed by atoms with van der Waals surface area (Å²) in [6.45, 7) is 2.07. The SMILES string of the molecule is CCCc1noc(CSc2nnc(SCC(N)=O)s2)n1. The highest BCUT2D eigenvalue weighted by atomic mass is 32.2. The third kappa shape index (κ3) is 4.76. The molecule has 2 heterocycles. The minimum Gasteiger partial charge on any atom is -0.369 e. The molecule has 0 spiro atoms. The topological polar surface area (TPSA) is 108 Å². The lowest BCUT2D eigenvalue weighted by Crippen LogP contribution is -2.12. The van der Waals surface area contributed by atoms with Crippen molar-refractivity contribution < 1.29 is 9.32 Å². The van der Waals surface area contributed by atoms with Gasteiger partial charge in [-0.15, -0.1) is 10.2 Å². The Labute approximate surface area is 128 Å². The number of hydrogen-bond acceptors (Lipinski definition) is 9. The fraction of sp³-hybridized carbons (Fsp3) is 0.500. The van der Waals surface area contributed by atoms with E-state index < -0.39 is 0 Å². The average Bonchev–Trinajstić information content (AvgIpc) is 3.03. The molecule has 0 bridgehead atoms. The summed E-state index contributed by atoms with van der Waals surface area (Å²) in [4.78, 5) is 14.9. The second-order valence-electron chi connectivity index (χ2n) is 3.73. The summed E-state index contributed by atoms with van der Waals surface area (Å²) in [6.07, 6.45) is 1.81. The van der Waals surface area contributed by atoms with E-state index in [4.69, 9.17) is 10.3 Å². The van der Waals surface area contributed by atoms with Gasteiger partial charge in [0, 0.05) is 6.42 Å². The molecular weight excluding hydrogens is 318 g/mol. The highest BCUT2D eigenvalue weighted by Gasteiger charge is 2.10. The van der Waals surface area contributed by atoms with Gasteiger partial charge in [0.1, 0.15) is 0 Å². The standard InChI is InChI=1S/C10H13N5O2S3/c1-2-3-7-12-8(17-15-7)5-19-10-14-13-9(20-10)18-4-6(11)16/h2-5H2,1H3,(H2,11,16). The van der Waals surface area contributed by atoms with Crippen LogP contribution in [-0.4, -0.2) is 32.0 Å². The van der Waals surface area contributed by atoms with Gasteiger partial charge in [-0.2, -0.15) is 4.98 Å². The van der Waals surface area contributed by atoms with Crippen molar-refractivity contribution >= 4 is 40.8 Å². The third-order valence-electron chi connectivity index (χ3n) is 2.03. The lowest BCUT2D eigenvalue weighted by molar-refractivity contribution is -0.115. The lowest BCUT2D eigenvalue weighted by Gasteiger charge is -1.90. The number of amides is 1. The van der Waals surface area contributed by atoms with E-state index in [0.717, 1.165) is 27.3 Å². The predicted molar refractivity (Wildman–Crippen MR) is 77.7 cm³/mol. The number of aromatic nitrogens is 4. The van der Waals surface area contributed by atoms with Crippen LogP contribution in [0, 0.1) is 0 Å². The summed E-state index contributed by atoms with van der Waals surface area (Å²) >= 11 is 4.18. The van der Waals surface area contributed by atoms with Crippen molar-refractivity contribution in [2.75, 3.05) is 5.75 Å². The highest BCUT2D eigenvalue weighted by molar-refractivity contribution is 8.03. The van der Waals surface area contributed by atoms with Gasteiger partial charge in [0.2, 0.25) is 11.8 Å². The average molecular weight is 331 g/mol. The molecule has 0 atom stereocenters. The molecule has 2 aromatic heterocycles. The zero-order valence-electron chi connectivity index (χ0n) is 10.7. The Morgan fingerprint density at radius 1 is 1.35 bits per heavy atom. The van der Waals surface area contributed by atoms with Crippen molar-refractivity contribution in [3.05, 3.63) is 11.7 Å². The van der Waals surface area contributed by atoms with E-state index in [-0.39, 0.29) is 11.7 Å². The first-order valence-electron chi connectivity index (χ1n) is 5.86. The molecule has 20 heavy (non-hydrogen) atoms. The van der Waals surface area contributed by atoms with Crippen LogP contribution in [0.25, 0.3) is 0 Å². The van der Waals surface area contributed by atoms with E-state index in [9.17, 15) is 4.79 Å². The van der Waals surface area contributed by atoms with Crippen LogP contribution in [0.2, 0.25) is 0 Å². The Morgan fingerprint density at radius 3 is 2.80 bits per heavy atom. The van der Waals surface area contributed by atoms with Gasteiger partial charge >= 0.3 is 0 Å². The first-order chi connectivity index (χ1) is 9.67. The van der Waals surface area contributed by atoms with Gasteiger partial charge in [-0.25, -0.2) is 0 Å². The van der Waals surface area contributed by atoms with Crippen molar-refractivity contribution in [1.29, 1.82) is 0 Å². The van der Waals surface area contributed by atoms with Crippen molar-refractivity contribution in [3.8, 4) is 0 Å². The molecule has 0 aliphatic carbocycles. The predicted octanol–water partition coefficient (Wildman–Crippen LogP) is 1.74. The number of carbonyl (C=O) groups is 1. The molecule has 0 saturated carbocycles. The Morgan fingerprint density at radius 2 is 2.10 bits per heavy atom. The van der Waals surface area contributed by atoms with Crippen LogP contribution in [0.5, 0.6) is 0 Å². The summed E-state index contributed by atoms with van der Waals surface area (Å²) in [7, 11) is 0. The van der Waals surface area contributed by atoms with E-state index in [2.05, 4.69) is 27.3 Å². The largest absolute Gasteiger partial charge is 0.369 e. The van der Waals surface area contributed by atoms with E-state index in [1.54, 1.807) is 0 Å². The number of rotatable bonds is 8. The summed E-state index contributed by atoms with van der Waals surface area (Å²) < 4.78 is 6.66. The number of primary amides is 1. The van der Waals surface area contributed by atoms with Crippen molar-refractivity contribution in [3.63, 3.8) is 0 Å². The number of nitrogens with two attached hydrogens (primary N) is 1. The molecule has 10 heteroatoms. The summed E-state index contributed by atoms with van der Waals surface area (Å²) in [5, 5.41) is 11.9. The number of thioether (sulfide) groups is 2. The quantitative estimate of drug-likeness (QED) is 0.729. The Balaban J connectivity index is 1.82. The van der Waals surface area contributed by atoms with Crippen LogP contribution in [0.15, 0.2) is 13.2 Å². The van der Waals surface area contributed by atoms with Gasteiger partial charge in [0.25, 0.3) is 0 Å². The molecule has 2 N–H and O–H groups in total. The molecule has 1 amide bonds. The zero-order chi connectivity index (χ0) is 14.4. The minimum absolute atomic E-state index is 0.212. The fourth-order valence-electron chi connectivity index (χ4n) is 1.24. The molecule has 2 rings (SSSR count). The van der Waals surface area contributed by atoms with Gasteiger partial charge in [-0.3, -0.25) is 4.79 Å². The molecule has 0 radical (unpaired) electrons. The van der Waals surface area contributed by atoms with Crippen LogP contribution in [0.4, 0.5) is 0 Å². The number of hydrogen-bond donors (Lipinski definition) is 1. The minimum atomic E-state index is -0.367. The second-order valence-corrected chi connectivity index (χ2v) is 7.15. The van der Waals surface area contributed by atoms with E-state index in [1.807, 2.05) is 0 Å². The molecule has 0 saturated heterocycles. The molecule has 108 valence electrons. The van der Waals surface area contributed by atoms with Crippen LogP contribution >= 0.6 is 34.9 Å². The smallest absolute Gasteiger partial charge is 0.237 e. The van der Waals surface area contributed by atoms with Gasteiger partial charge in [0.15, 0.2) is 14.5 Å². The van der Waals surface area contributed by atoms with Crippen LogP contribution in [0.1, 0.15) is 25.1 Å². The lowest BCUT2D eigenvalue weighted by atomic mass is 10.3. The summed E-state index contributed by atoms with van der Waals surface area (Å²) in [6, 6.07) is 0. The number of carbonyl (C=O) groups excluding carboxylic acids is 1. The van der Waals surface area contributed by atoms with E-state index in [1.165, 1.54) is 34.9 Å². The van der Waals surface area contributed by atoms with E-state index >= 15 is 0 Å². The third-order valence-corrected chi connectivity index (χ3v) is 5.23. The van der Waals surface area contributed by atoms with Crippen LogP contribution in [-0.2, 0) is 17.0 Å². The molecule has 7 nitrogen and oxygen atoms in total. The van der Waals surface area contributed by atoms with Gasteiger partial charge < -0.3 is 10.3 Å². The van der Waals surface area contributed by atoms with E-state index in [0.29, 0.717) is 11.6 Å². The summed E-state index contributed by atoms with van der Waals surface area (Å²) in [5.41, 5.74) is 5.07. The first-order valence-corrected chi connectivity index (χ1v) is 8.65. The molecule has 0 unspecified atom stereocenters. The van der Waals surface area contributed by atoms with Crippen LogP contribution in [0.3, 0.4) is 0 Å².